The number of halogens is 4. The van der Waals surface area contributed by atoms with E-state index < -0.39 is 12.1 Å². The highest BCUT2D eigenvalue weighted by Gasteiger charge is 2.38. The standard InChI is InChI=1S/C30H33FN6OS.C2HF3O2/c1-20-13-17-39-27(20)19-36(3)25-11-15-37(16-12-25)29(38)22-4-6-23(7-5-22)34-30-32-14-10-28(35-30)33-24-8-9-26(31)21(2)18-24;3-2(4,5)1(6)7/h4-10,13-14,17-18,25H,11-12,15-16,19H2,1-3H3,(H2,32,33,34,35);(H,6,7). The number of hydrogen-bond donors (Lipinski definition) is 3. The van der Waals surface area contributed by atoms with Gasteiger partial charge in [-0.25, -0.2) is 14.2 Å². The third kappa shape index (κ3) is 9.47. The Balaban J connectivity index is 0.000000617. The second-order valence-corrected chi connectivity index (χ2v) is 11.8. The summed E-state index contributed by atoms with van der Waals surface area (Å²) in [4.78, 5) is 36.6. The number of amides is 1. The first-order valence-electron chi connectivity index (χ1n) is 14.4. The lowest BCUT2D eigenvalue weighted by Crippen LogP contribution is -2.45. The lowest BCUT2D eigenvalue weighted by atomic mass is 10.0. The number of carboxylic acid groups (broad SMARTS) is 1. The Morgan fingerprint density at radius 2 is 1.65 bits per heavy atom. The molecule has 0 radical (unpaired) electrons. The summed E-state index contributed by atoms with van der Waals surface area (Å²) in [5.74, 6) is -1.93. The first kappa shape index (κ1) is 34.3. The first-order valence-corrected chi connectivity index (χ1v) is 15.2. The van der Waals surface area contributed by atoms with Gasteiger partial charge in [0.2, 0.25) is 5.95 Å². The van der Waals surface area contributed by atoms with E-state index in [4.69, 9.17) is 9.90 Å². The molecule has 3 heterocycles. The number of carbonyl (C=O) groups is 2. The molecular weight excluding hydrogens is 624 g/mol. The molecule has 0 unspecified atom stereocenters. The third-order valence-corrected chi connectivity index (χ3v) is 8.46. The minimum Gasteiger partial charge on any atom is -0.475 e. The number of aromatic nitrogens is 2. The summed E-state index contributed by atoms with van der Waals surface area (Å²) in [5.41, 5.74) is 4.11. The van der Waals surface area contributed by atoms with Gasteiger partial charge < -0.3 is 20.6 Å². The quantitative estimate of drug-likeness (QED) is 0.171. The van der Waals surface area contributed by atoms with E-state index in [1.54, 1.807) is 31.3 Å². The molecule has 2 aromatic heterocycles. The Morgan fingerprint density at radius 1 is 1.00 bits per heavy atom. The molecule has 0 aliphatic carbocycles. The maximum absolute atomic E-state index is 13.6. The van der Waals surface area contributed by atoms with Crippen LogP contribution in [-0.2, 0) is 11.3 Å². The molecule has 4 aromatic rings. The van der Waals surface area contributed by atoms with Gasteiger partial charge in [0.05, 0.1) is 0 Å². The van der Waals surface area contributed by atoms with Crippen LogP contribution in [0.3, 0.4) is 0 Å². The van der Waals surface area contributed by atoms with Crippen molar-refractivity contribution >= 4 is 46.4 Å². The van der Waals surface area contributed by atoms with Crippen LogP contribution in [0.5, 0.6) is 0 Å². The highest BCUT2D eigenvalue weighted by atomic mass is 32.1. The van der Waals surface area contributed by atoms with Crippen molar-refractivity contribution < 1.29 is 32.3 Å². The molecule has 3 N–H and O–H groups in total. The van der Waals surface area contributed by atoms with Crippen molar-refractivity contribution in [1.29, 1.82) is 0 Å². The van der Waals surface area contributed by atoms with Gasteiger partial charge in [0.15, 0.2) is 0 Å². The number of benzene rings is 2. The van der Waals surface area contributed by atoms with Gasteiger partial charge in [-0.05, 0) is 105 Å². The lowest BCUT2D eigenvalue weighted by Gasteiger charge is -2.36. The average molecular weight is 659 g/mol. The van der Waals surface area contributed by atoms with Gasteiger partial charge in [0.25, 0.3) is 5.91 Å². The smallest absolute Gasteiger partial charge is 0.475 e. The monoisotopic (exact) mass is 658 g/mol. The summed E-state index contributed by atoms with van der Waals surface area (Å²) in [5, 5.41) is 15.6. The fraction of sp³-hybridized carbons (Fsp3) is 0.312. The van der Waals surface area contributed by atoms with Gasteiger partial charge in [0, 0.05) is 53.7 Å². The van der Waals surface area contributed by atoms with E-state index in [1.807, 2.05) is 40.5 Å². The van der Waals surface area contributed by atoms with E-state index in [9.17, 15) is 22.4 Å². The predicted molar refractivity (Wildman–Crippen MR) is 169 cm³/mol. The molecule has 244 valence electrons. The van der Waals surface area contributed by atoms with Crippen LogP contribution in [0.25, 0.3) is 0 Å². The second-order valence-electron chi connectivity index (χ2n) is 10.8. The predicted octanol–water partition coefficient (Wildman–Crippen LogP) is 7.15. The summed E-state index contributed by atoms with van der Waals surface area (Å²) in [6.07, 6.45) is -1.48. The number of anilines is 4. The SMILES string of the molecule is Cc1cc(Nc2ccnc(Nc3ccc(C(=O)N4CCC(N(C)Cc5sccc5C)CC4)cc3)n2)ccc1F.O=C(O)C(F)(F)F. The molecule has 0 saturated carbocycles. The number of carbonyl (C=O) groups excluding carboxylic acids is 1. The summed E-state index contributed by atoms with van der Waals surface area (Å²) in [7, 11) is 2.19. The van der Waals surface area contributed by atoms with E-state index >= 15 is 0 Å². The second kappa shape index (κ2) is 15.1. The van der Waals surface area contributed by atoms with Crippen LogP contribution >= 0.6 is 11.3 Å². The number of likely N-dealkylation sites (tertiary alicyclic amines) is 1. The van der Waals surface area contributed by atoms with Crippen LogP contribution in [0.4, 0.5) is 40.7 Å². The number of aliphatic carboxylic acids is 1. The lowest BCUT2D eigenvalue weighted by molar-refractivity contribution is -0.192. The van der Waals surface area contributed by atoms with Crippen LogP contribution in [-0.4, -0.2) is 69.1 Å². The summed E-state index contributed by atoms with van der Waals surface area (Å²) in [6.45, 7) is 6.37. The molecule has 5 rings (SSSR count). The molecule has 0 spiro atoms. The number of alkyl halides is 3. The number of aryl methyl sites for hydroxylation is 2. The molecule has 0 bridgehead atoms. The molecule has 46 heavy (non-hydrogen) atoms. The number of nitrogens with one attached hydrogen (secondary N) is 2. The molecule has 2 aromatic carbocycles. The number of hydrogen-bond acceptors (Lipinski definition) is 8. The Labute approximate surface area is 267 Å². The van der Waals surface area contributed by atoms with E-state index in [-0.39, 0.29) is 11.7 Å². The number of piperidine rings is 1. The molecule has 1 saturated heterocycles. The summed E-state index contributed by atoms with van der Waals surface area (Å²) in [6, 6.07) is 16.6. The van der Waals surface area contributed by atoms with Gasteiger partial charge in [-0.2, -0.15) is 18.2 Å². The largest absolute Gasteiger partial charge is 0.490 e. The van der Waals surface area contributed by atoms with Crippen LogP contribution in [0.2, 0.25) is 0 Å². The van der Waals surface area contributed by atoms with Crippen molar-refractivity contribution in [2.24, 2.45) is 0 Å². The van der Waals surface area contributed by atoms with Gasteiger partial charge in [-0.1, -0.05) is 0 Å². The normalized spacial score (nSPS) is 13.6. The first-order chi connectivity index (χ1) is 21.8. The zero-order valence-corrected chi connectivity index (χ0v) is 26.3. The molecular formula is C32H34F4N6O3S. The number of carboxylic acids is 1. The molecule has 9 nitrogen and oxygen atoms in total. The molecule has 14 heteroatoms. The van der Waals surface area contributed by atoms with Gasteiger partial charge in [0.1, 0.15) is 11.6 Å². The van der Waals surface area contributed by atoms with Crippen molar-refractivity contribution in [3.05, 3.63) is 93.6 Å². The third-order valence-electron chi connectivity index (χ3n) is 7.45. The minimum absolute atomic E-state index is 0.0637. The highest BCUT2D eigenvalue weighted by molar-refractivity contribution is 7.10. The van der Waals surface area contributed by atoms with Crippen LogP contribution in [0.1, 0.15) is 39.2 Å². The van der Waals surface area contributed by atoms with Crippen molar-refractivity contribution in [2.45, 2.75) is 45.5 Å². The van der Waals surface area contributed by atoms with Gasteiger partial charge in [-0.3, -0.25) is 9.69 Å². The average Bonchev–Trinajstić information content (AvgIpc) is 3.43. The van der Waals surface area contributed by atoms with E-state index in [0.717, 1.165) is 43.9 Å². The van der Waals surface area contributed by atoms with Crippen molar-refractivity contribution in [2.75, 3.05) is 30.8 Å². The zero-order chi connectivity index (χ0) is 33.4. The molecule has 1 aliphatic heterocycles. The summed E-state index contributed by atoms with van der Waals surface area (Å²) >= 11 is 1.81. The van der Waals surface area contributed by atoms with E-state index in [0.29, 0.717) is 28.9 Å². The molecule has 1 fully saturated rings. The van der Waals surface area contributed by atoms with Crippen molar-refractivity contribution in [3.8, 4) is 0 Å². The number of thiophene rings is 1. The fourth-order valence-electron chi connectivity index (χ4n) is 4.80. The molecule has 0 atom stereocenters. The Morgan fingerprint density at radius 3 is 2.24 bits per heavy atom. The number of nitrogens with zero attached hydrogens (tertiary/aromatic N) is 4. The van der Waals surface area contributed by atoms with E-state index in [1.165, 1.54) is 16.5 Å². The van der Waals surface area contributed by atoms with Crippen LogP contribution in [0, 0.1) is 19.7 Å². The highest BCUT2D eigenvalue weighted by Crippen LogP contribution is 2.24. The molecule has 1 aliphatic rings. The minimum atomic E-state index is -5.08. The van der Waals surface area contributed by atoms with Crippen LogP contribution in [0.15, 0.2) is 66.2 Å². The zero-order valence-electron chi connectivity index (χ0n) is 25.4. The Kier molecular flexibility index (Phi) is 11.3. The molecule has 1 amide bonds. The van der Waals surface area contributed by atoms with Crippen LogP contribution < -0.4 is 10.6 Å². The number of rotatable bonds is 8. The van der Waals surface area contributed by atoms with Gasteiger partial charge >= 0.3 is 12.1 Å². The fourth-order valence-corrected chi connectivity index (χ4v) is 5.77. The van der Waals surface area contributed by atoms with E-state index in [2.05, 4.69) is 50.9 Å². The Bertz CT molecular complexity index is 1640. The maximum Gasteiger partial charge on any atom is 0.490 e. The van der Waals surface area contributed by atoms with Crippen molar-refractivity contribution in [1.82, 2.24) is 19.8 Å². The Hall–Kier alpha value is -4.56. The van der Waals surface area contributed by atoms with Crippen molar-refractivity contribution in [3.63, 3.8) is 0 Å². The van der Waals surface area contributed by atoms with Gasteiger partial charge in [-0.15, -0.1) is 11.3 Å². The maximum atomic E-state index is 13.6. The topological polar surface area (TPSA) is 111 Å². The summed E-state index contributed by atoms with van der Waals surface area (Å²) < 4.78 is 45.3.